The molecule has 1 atom stereocenters. The molecule has 0 spiro atoms. The largest absolute Gasteiger partial charge is 0.454 e. The van der Waals surface area contributed by atoms with Crippen molar-refractivity contribution in [2.75, 3.05) is 5.88 Å². The van der Waals surface area contributed by atoms with Gasteiger partial charge in [0.1, 0.15) is 6.10 Å². The van der Waals surface area contributed by atoms with Crippen LogP contribution in [-0.4, -0.2) is 18.0 Å². The molecule has 28 heavy (non-hydrogen) atoms. The molecule has 0 amide bonds. The van der Waals surface area contributed by atoms with E-state index in [1.165, 1.54) is 0 Å². The molecule has 0 saturated carbocycles. The lowest BCUT2D eigenvalue weighted by Crippen LogP contribution is -2.35. The second-order valence-electron chi connectivity index (χ2n) is 7.10. The number of alkyl halides is 1. The van der Waals surface area contributed by atoms with Crippen LogP contribution >= 0.6 is 11.6 Å². The molecular formula is C24H17ClO3. The summed E-state index contributed by atoms with van der Waals surface area (Å²) in [5, 5.41) is 4.28. The lowest BCUT2D eigenvalue weighted by Gasteiger charge is -2.27. The van der Waals surface area contributed by atoms with Gasteiger partial charge in [-0.3, -0.25) is 4.79 Å². The van der Waals surface area contributed by atoms with Crippen molar-refractivity contribution in [2.45, 2.75) is 18.9 Å². The molecule has 0 aromatic heterocycles. The van der Waals surface area contributed by atoms with Crippen molar-refractivity contribution in [3.8, 4) is 0 Å². The summed E-state index contributed by atoms with van der Waals surface area (Å²) in [4.78, 5) is 26.0. The number of halogens is 1. The first-order valence-corrected chi connectivity index (χ1v) is 9.91. The fraction of sp³-hybridized carbons (Fsp3) is 0.167. The number of carbonyl (C=O) groups excluding carboxylic acids is 1. The van der Waals surface area contributed by atoms with Crippen molar-refractivity contribution in [1.29, 1.82) is 0 Å². The number of rotatable bonds is 3. The number of ether oxygens (including phenoxy) is 1. The number of hydrogen-bond donors (Lipinski definition) is 0. The molecule has 0 aliphatic carbocycles. The molecule has 0 unspecified atom stereocenters. The SMILES string of the molecule is O=C1O[C@@H](CCCCl)/C(=c2\c(=O)c3cccc4cccc2c43)c2ccccc21. The Morgan fingerprint density at radius 2 is 1.57 bits per heavy atom. The standard InChI is InChI=1S/C24H17ClO3/c25-13-5-12-19-21(15-8-1-2-9-16(15)24(27)28-19)22-17-10-3-6-14-7-4-11-18(20(14)17)23(22)26/h1-4,6-11,19H,5,12-13H2/b22-21-/t19-/m0/s1. The lowest BCUT2D eigenvalue weighted by molar-refractivity contribution is 0.0375. The molecule has 138 valence electrons. The van der Waals surface area contributed by atoms with Crippen LogP contribution in [0.25, 0.3) is 27.1 Å². The van der Waals surface area contributed by atoms with Gasteiger partial charge in [-0.2, -0.15) is 0 Å². The second kappa shape index (κ2) is 6.61. The van der Waals surface area contributed by atoms with Crippen LogP contribution < -0.4 is 10.6 Å². The second-order valence-corrected chi connectivity index (χ2v) is 7.48. The van der Waals surface area contributed by atoms with E-state index in [1.807, 2.05) is 54.6 Å². The molecule has 4 aromatic carbocycles. The Labute approximate surface area is 166 Å². The van der Waals surface area contributed by atoms with E-state index in [4.69, 9.17) is 16.3 Å². The Balaban J connectivity index is 1.97. The maximum Gasteiger partial charge on any atom is 0.339 e. The average Bonchev–Trinajstić information content (AvgIpc) is 3.01. The lowest BCUT2D eigenvalue weighted by atomic mass is 9.89. The van der Waals surface area contributed by atoms with Crippen LogP contribution in [0.3, 0.4) is 0 Å². The molecule has 0 radical (unpaired) electrons. The number of hydrogen-bond acceptors (Lipinski definition) is 3. The van der Waals surface area contributed by atoms with Crippen LogP contribution in [-0.2, 0) is 4.74 Å². The zero-order valence-corrected chi connectivity index (χ0v) is 15.8. The van der Waals surface area contributed by atoms with E-state index in [0.717, 1.165) is 27.3 Å². The summed E-state index contributed by atoms with van der Waals surface area (Å²) in [5.41, 5.74) is 2.08. The summed E-state index contributed by atoms with van der Waals surface area (Å²) >= 11 is 5.91. The van der Waals surface area contributed by atoms with Crippen molar-refractivity contribution in [1.82, 2.24) is 0 Å². The fourth-order valence-electron chi connectivity index (χ4n) is 4.35. The van der Waals surface area contributed by atoms with Crippen LogP contribution in [0, 0.1) is 0 Å². The molecule has 1 aliphatic heterocycles. The molecule has 4 heteroatoms. The molecule has 5 rings (SSSR count). The van der Waals surface area contributed by atoms with Crippen molar-refractivity contribution >= 4 is 44.7 Å². The molecule has 0 N–H and O–H groups in total. The maximum absolute atomic E-state index is 13.5. The van der Waals surface area contributed by atoms with Gasteiger partial charge in [-0.15, -0.1) is 11.6 Å². The quantitative estimate of drug-likeness (QED) is 0.389. The van der Waals surface area contributed by atoms with Gasteiger partial charge < -0.3 is 4.74 Å². The number of cyclic esters (lactones) is 1. The van der Waals surface area contributed by atoms with Crippen molar-refractivity contribution in [2.24, 2.45) is 0 Å². The summed E-state index contributed by atoms with van der Waals surface area (Å²) in [5.74, 6) is 0.128. The van der Waals surface area contributed by atoms with Gasteiger partial charge in [-0.05, 0) is 35.2 Å². The predicted octanol–water partition coefficient (Wildman–Crippen LogP) is 4.27. The minimum Gasteiger partial charge on any atom is -0.454 e. The van der Waals surface area contributed by atoms with Gasteiger partial charge in [0.25, 0.3) is 0 Å². The Morgan fingerprint density at radius 1 is 0.857 bits per heavy atom. The number of esters is 1. The van der Waals surface area contributed by atoms with Crippen molar-refractivity contribution < 1.29 is 9.53 Å². The Bertz CT molecular complexity index is 1320. The Morgan fingerprint density at radius 3 is 2.32 bits per heavy atom. The highest BCUT2D eigenvalue weighted by atomic mass is 35.5. The van der Waals surface area contributed by atoms with Gasteiger partial charge in [-0.1, -0.05) is 54.6 Å². The third kappa shape index (κ3) is 2.43. The number of fused-ring (bicyclic) bond motifs is 1. The molecule has 1 aliphatic rings. The maximum atomic E-state index is 13.5. The molecule has 0 saturated heterocycles. The molecule has 4 aromatic rings. The first-order valence-electron chi connectivity index (χ1n) is 9.38. The summed E-state index contributed by atoms with van der Waals surface area (Å²) in [6.07, 6.45) is 0.802. The van der Waals surface area contributed by atoms with E-state index in [-0.39, 0.29) is 11.4 Å². The Kier molecular flexibility index (Phi) is 4.06. The van der Waals surface area contributed by atoms with E-state index < -0.39 is 6.10 Å². The van der Waals surface area contributed by atoms with E-state index in [2.05, 4.69) is 0 Å². The molecule has 1 heterocycles. The highest BCUT2D eigenvalue weighted by molar-refractivity contribution is 6.17. The molecule has 0 bridgehead atoms. The first-order chi connectivity index (χ1) is 13.7. The minimum absolute atomic E-state index is 0.00887. The third-order valence-electron chi connectivity index (χ3n) is 5.52. The van der Waals surface area contributed by atoms with Crippen LogP contribution in [0.2, 0.25) is 0 Å². The zero-order valence-electron chi connectivity index (χ0n) is 15.1. The van der Waals surface area contributed by atoms with E-state index in [1.54, 1.807) is 6.07 Å². The highest BCUT2D eigenvalue weighted by Crippen LogP contribution is 2.32. The summed E-state index contributed by atoms with van der Waals surface area (Å²) < 4.78 is 5.78. The Hall–Kier alpha value is -2.91. The number of carbonyl (C=O) groups is 1. The van der Waals surface area contributed by atoms with Crippen LogP contribution in [0.15, 0.2) is 65.5 Å². The van der Waals surface area contributed by atoms with E-state index in [9.17, 15) is 9.59 Å². The highest BCUT2D eigenvalue weighted by Gasteiger charge is 2.32. The molecule has 0 fully saturated rings. The molecule has 3 nitrogen and oxygen atoms in total. The van der Waals surface area contributed by atoms with Gasteiger partial charge in [0.15, 0.2) is 5.43 Å². The molecular weight excluding hydrogens is 372 g/mol. The van der Waals surface area contributed by atoms with Crippen molar-refractivity contribution in [3.05, 3.63) is 87.2 Å². The van der Waals surface area contributed by atoms with Gasteiger partial charge >= 0.3 is 5.97 Å². The van der Waals surface area contributed by atoms with E-state index in [0.29, 0.717) is 34.9 Å². The minimum atomic E-state index is -0.482. The van der Waals surface area contributed by atoms with Gasteiger partial charge in [0.05, 0.1) is 5.56 Å². The summed E-state index contributed by atoms with van der Waals surface area (Å²) in [6.45, 7) is 0. The normalized spacial score (nSPS) is 18.5. The van der Waals surface area contributed by atoms with Crippen LogP contribution in [0.4, 0.5) is 0 Å². The fourth-order valence-corrected chi connectivity index (χ4v) is 4.50. The third-order valence-corrected chi connectivity index (χ3v) is 5.79. The monoisotopic (exact) mass is 388 g/mol. The summed E-state index contributed by atoms with van der Waals surface area (Å²) in [6, 6.07) is 19.1. The van der Waals surface area contributed by atoms with Crippen LogP contribution in [0.5, 0.6) is 0 Å². The number of benzene rings is 3. The summed E-state index contributed by atoms with van der Waals surface area (Å²) in [7, 11) is 0. The van der Waals surface area contributed by atoms with E-state index >= 15 is 0 Å². The van der Waals surface area contributed by atoms with Crippen LogP contribution in [0.1, 0.15) is 28.8 Å². The first kappa shape index (κ1) is 17.2. The predicted molar refractivity (Wildman–Crippen MR) is 112 cm³/mol. The van der Waals surface area contributed by atoms with Gasteiger partial charge in [0, 0.05) is 27.4 Å². The van der Waals surface area contributed by atoms with Crippen molar-refractivity contribution in [3.63, 3.8) is 0 Å². The van der Waals surface area contributed by atoms with Gasteiger partial charge in [0.2, 0.25) is 0 Å². The van der Waals surface area contributed by atoms with Gasteiger partial charge in [-0.25, -0.2) is 4.79 Å². The zero-order chi connectivity index (χ0) is 19.3. The topological polar surface area (TPSA) is 43.4 Å². The smallest absolute Gasteiger partial charge is 0.339 e. The average molecular weight is 389 g/mol.